The molecule has 0 fully saturated rings. The molecule has 0 aliphatic rings. The van der Waals surface area contributed by atoms with Crippen LogP contribution >= 0.6 is 0 Å². The van der Waals surface area contributed by atoms with Crippen molar-refractivity contribution < 1.29 is 4.42 Å². The Morgan fingerprint density at radius 3 is 2.67 bits per heavy atom. The Labute approximate surface area is 136 Å². The van der Waals surface area contributed by atoms with Gasteiger partial charge in [-0.05, 0) is 24.3 Å². The first kappa shape index (κ1) is 12.9. The molecule has 5 heterocycles. The quantitative estimate of drug-likeness (QED) is 0.552. The molecule has 1 N–H and O–H groups in total. The lowest BCUT2D eigenvalue weighted by atomic mass is 10.3. The van der Waals surface area contributed by atoms with Crippen LogP contribution in [0.15, 0.2) is 72.1 Å². The van der Waals surface area contributed by atoms with Crippen molar-refractivity contribution in [3.05, 3.63) is 67.7 Å². The van der Waals surface area contributed by atoms with E-state index in [1.807, 2.05) is 57.9 Å². The standard InChI is InChI=1S/C17H12N6O/c1-3-12(16-18-5-8-22(16)7-1)20-15-17-19-6-9-23(17)11-13(21-15)14-4-2-10-24-14/h1-11H,(H,20,21). The van der Waals surface area contributed by atoms with E-state index >= 15 is 0 Å². The lowest BCUT2D eigenvalue weighted by Gasteiger charge is -2.09. The van der Waals surface area contributed by atoms with Gasteiger partial charge in [-0.15, -0.1) is 0 Å². The van der Waals surface area contributed by atoms with Crippen molar-refractivity contribution in [2.24, 2.45) is 0 Å². The molecule has 5 rings (SSSR count). The molecular formula is C17H12N6O. The molecule has 7 heteroatoms. The fourth-order valence-corrected chi connectivity index (χ4v) is 2.73. The van der Waals surface area contributed by atoms with Gasteiger partial charge in [0.25, 0.3) is 0 Å². The Morgan fingerprint density at radius 1 is 0.917 bits per heavy atom. The van der Waals surface area contributed by atoms with Crippen LogP contribution in [-0.4, -0.2) is 23.8 Å². The van der Waals surface area contributed by atoms with E-state index in [-0.39, 0.29) is 0 Å². The van der Waals surface area contributed by atoms with Gasteiger partial charge in [-0.3, -0.25) is 0 Å². The molecule has 0 saturated heterocycles. The summed E-state index contributed by atoms with van der Waals surface area (Å²) in [4.78, 5) is 13.4. The molecule has 0 bridgehead atoms. The largest absolute Gasteiger partial charge is 0.463 e. The molecule has 0 radical (unpaired) electrons. The van der Waals surface area contributed by atoms with Crippen LogP contribution in [0.2, 0.25) is 0 Å². The lowest BCUT2D eigenvalue weighted by molar-refractivity contribution is 0.579. The van der Waals surface area contributed by atoms with Crippen molar-refractivity contribution in [3.8, 4) is 11.5 Å². The predicted molar refractivity (Wildman–Crippen MR) is 89.2 cm³/mol. The number of nitrogens with one attached hydrogen (secondary N) is 1. The molecule has 116 valence electrons. The van der Waals surface area contributed by atoms with Crippen LogP contribution in [0, 0.1) is 0 Å². The molecule has 0 atom stereocenters. The molecular weight excluding hydrogens is 304 g/mol. The number of fused-ring (bicyclic) bond motifs is 2. The molecule has 7 nitrogen and oxygen atoms in total. The third-order valence-electron chi connectivity index (χ3n) is 3.82. The highest BCUT2D eigenvalue weighted by atomic mass is 16.3. The highest BCUT2D eigenvalue weighted by Crippen LogP contribution is 2.26. The number of pyridine rings is 1. The van der Waals surface area contributed by atoms with Crippen LogP contribution in [0.4, 0.5) is 11.5 Å². The monoisotopic (exact) mass is 316 g/mol. The Bertz CT molecular complexity index is 1140. The second-order valence-electron chi connectivity index (χ2n) is 5.32. The summed E-state index contributed by atoms with van der Waals surface area (Å²) in [6.07, 6.45) is 12.8. The van der Waals surface area contributed by atoms with Crippen molar-refractivity contribution in [1.29, 1.82) is 0 Å². The van der Waals surface area contributed by atoms with Crippen molar-refractivity contribution in [1.82, 2.24) is 23.8 Å². The first-order valence-corrected chi connectivity index (χ1v) is 7.45. The summed E-state index contributed by atoms with van der Waals surface area (Å²) in [5.74, 6) is 1.35. The molecule has 0 spiro atoms. The van der Waals surface area contributed by atoms with Crippen LogP contribution < -0.4 is 5.32 Å². The maximum Gasteiger partial charge on any atom is 0.180 e. The molecule has 0 unspecified atom stereocenters. The summed E-state index contributed by atoms with van der Waals surface area (Å²) in [7, 11) is 0. The fraction of sp³-hybridized carbons (Fsp3) is 0. The number of hydrogen-bond donors (Lipinski definition) is 1. The summed E-state index contributed by atoms with van der Waals surface area (Å²) >= 11 is 0. The number of rotatable bonds is 3. The number of aromatic nitrogens is 5. The molecule has 0 amide bonds. The number of nitrogens with zero attached hydrogens (tertiary/aromatic N) is 5. The Balaban J connectivity index is 1.68. The topological polar surface area (TPSA) is 72.7 Å². The van der Waals surface area contributed by atoms with E-state index in [2.05, 4.69) is 20.3 Å². The Hall–Kier alpha value is -3.61. The first-order valence-electron chi connectivity index (χ1n) is 7.45. The van der Waals surface area contributed by atoms with Gasteiger partial charge in [-0.1, -0.05) is 0 Å². The second-order valence-corrected chi connectivity index (χ2v) is 5.32. The first-order chi connectivity index (χ1) is 11.9. The van der Waals surface area contributed by atoms with Crippen LogP contribution in [0.5, 0.6) is 0 Å². The van der Waals surface area contributed by atoms with Gasteiger partial charge < -0.3 is 18.5 Å². The summed E-state index contributed by atoms with van der Waals surface area (Å²) in [5.41, 5.74) is 3.14. The van der Waals surface area contributed by atoms with Crippen molar-refractivity contribution in [2.75, 3.05) is 5.32 Å². The molecule has 24 heavy (non-hydrogen) atoms. The third kappa shape index (κ3) is 1.95. The zero-order valence-corrected chi connectivity index (χ0v) is 12.5. The van der Waals surface area contributed by atoms with Crippen molar-refractivity contribution in [3.63, 3.8) is 0 Å². The average Bonchev–Trinajstić information content (AvgIpc) is 3.35. The predicted octanol–water partition coefficient (Wildman–Crippen LogP) is 3.38. The Kier molecular flexibility index (Phi) is 2.66. The molecule has 0 saturated carbocycles. The van der Waals surface area contributed by atoms with Crippen LogP contribution in [0.25, 0.3) is 22.7 Å². The number of furan rings is 1. The summed E-state index contributed by atoms with van der Waals surface area (Å²) in [6, 6.07) is 7.64. The van der Waals surface area contributed by atoms with Crippen LogP contribution in [0.3, 0.4) is 0 Å². The van der Waals surface area contributed by atoms with E-state index < -0.39 is 0 Å². The van der Waals surface area contributed by atoms with Crippen molar-refractivity contribution >= 4 is 22.8 Å². The SMILES string of the molecule is c1coc(-c2cn3ccnc3c(Nc3cccn4ccnc34)n2)c1. The third-order valence-corrected chi connectivity index (χ3v) is 3.82. The normalized spacial score (nSPS) is 11.3. The average molecular weight is 316 g/mol. The molecule has 0 aliphatic heterocycles. The summed E-state index contributed by atoms with van der Waals surface area (Å²) in [6.45, 7) is 0. The van der Waals surface area contributed by atoms with Gasteiger partial charge in [0.15, 0.2) is 22.9 Å². The summed E-state index contributed by atoms with van der Waals surface area (Å²) in [5, 5.41) is 3.35. The van der Waals surface area contributed by atoms with E-state index in [9.17, 15) is 0 Å². The minimum absolute atomic E-state index is 0.644. The van der Waals surface area contributed by atoms with Gasteiger partial charge in [0.2, 0.25) is 0 Å². The zero-order chi connectivity index (χ0) is 15.9. The van der Waals surface area contributed by atoms with Gasteiger partial charge in [0.05, 0.1) is 12.0 Å². The minimum Gasteiger partial charge on any atom is -0.463 e. The van der Waals surface area contributed by atoms with E-state index in [0.717, 1.165) is 22.7 Å². The van der Waals surface area contributed by atoms with Gasteiger partial charge in [0.1, 0.15) is 5.69 Å². The van der Waals surface area contributed by atoms with Crippen LogP contribution in [0.1, 0.15) is 0 Å². The van der Waals surface area contributed by atoms with Gasteiger partial charge in [0, 0.05) is 37.2 Å². The highest BCUT2D eigenvalue weighted by Gasteiger charge is 2.12. The zero-order valence-electron chi connectivity index (χ0n) is 12.5. The molecule has 0 aromatic carbocycles. The molecule has 0 aliphatic carbocycles. The number of hydrogen-bond acceptors (Lipinski definition) is 5. The fourth-order valence-electron chi connectivity index (χ4n) is 2.73. The van der Waals surface area contributed by atoms with E-state index in [1.54, 1.807) is 18.7 Å². The lowest BCUT2D eigenvalue weighted by Crippen LogP contribution is -2.01. The maximum absolute atomic E-state index is 5.47. The maximum atomic E-state index is 5.47. The molecule has 5 aromatic heterocycles. The second kappa shape index (κ2) is 4.95. The van der Waals surface area contributed by atoms with Gasteiger partial charge >= 0.3 is 0 Å². The van der Waals surface area contributed by atoms with E-state index in [0.29, 0.717) is 11.6 Å². The summed E-state index contributed by atoms with van der Waals surface area (Å²) < 4.78 is 9.33. The van der Waals surface area contributed by atoms with Gasteiger partial charge in [-0.2, -0.15) is 0 Å². The Morgan fingerprint density at radius 2 is 1.79 bits per heavy atom. The van der Waals surface area contributed by atoms with Crippen molar-refractivity contribution in [2.45, 2.75) is 0 Å². The molecule has 5 aromatic rings. The number of anilines is 2. The van der Waals surface area contributed by atoms with Crippen LogP contribution in [-0.2, 0) is 0 Å². The van der Waals surface area contributed by atoms with E-state index in [1.165, 1.54) is 0 Å². The smallest absolute Gasteiger partial charge is 0.180 e. The van der Waals surface area contributed by atoms with E-state index in [4.69, 9.17) is 4.42 Å². The number of imidazole rings is 2. The minimum atomic E-state index is 0.644. The van der Waals surface area contributed by atoms with Gasteiger partial charge in [-0.25, -0.2) is 15.0 Å². The highest BCUT2D eigenvalue weighted by molar-refractivity contribution is 5.78.